The highest BCUT2D eigenvalue weighted by Crippen LogP contribution is 2.29. The predicted molar refractivity (Wildman–Crippen MR) is 102 cm³/mol. The van der Waals surface area contributed by atoms with Gasteiger partial charge in [0.15, 0.2) is 0 Å². The van der Waals surface area contributed by atoms with Crippen LogP contribution in [0.2, 0.25) is 0 Å². The van der Waals surface area contributed by atoms with Crippen LogP contribution >= 0.6 is 0 Å². The van der Waals surface area contributed by atoms with Crippen LogP contribution in [0.3, 0.4) is 0 Å². The number of carbonyl (C=O) groups is 1. The Morgan fingerprint density at radius 3 is 2.85 bits per heavy atom. The maximum Gasteiger partial charge on any atom is 0.317 e. The summed E-state index contributed by atoms with van der Waals surface area (Å²) < 4.78 is 10.7. The molecule has 6 nitrogen and oxygen atoms in total. The maximum absolute atomic E-state index is 12.6. The number of methoxy groups -OCH3 is 2. The average molecular weight is 361 g/mol. The summed E-state index contributed by atoms with van der Waals surface area (Å²) in [6.45, 7) is 3.51. The van der Waals surface area contributed by atoms with Crippen LogP contribution in [0, 0.1) is 5.92 Å². The SMILES string of the molecule is COc1ccc(OC)c(CCNC(=O)N2CCC3C(CCCN3C)C2)c1. The molecule has 0 spiro atoms. The molecule has 0 aromatic heterocycles. The number of likely N-dealkylation sites (tertiary alicyclic amines) is 2. The summed E-state index contributed by atoms with van der Waals surface area (Å²) in [6, 6.07) is 6.45. The minimum absolute atomic E-state index is 0.0542. The highest BCUT2D eigenvalue weighted by atomic mass is 16.5. The number of ether oxygens (including phenoxy) is 2. The van der Waals surface area contributed by atoms with E-state index in [0.717, 1.165) is 43.0 Å². The number of carbonyl (C=O) groups excluding carboxylic acids is 1. The normalized spacial score (nSPS) is 23.3. The van der Waals surface area contributed by atoms with E-state index in [2.05, 4.69) is 17.3 Å². The molecule has 0 saturated carbocycles. The molecule has 2 saturated heterocycles. The van der Waals surface area contributed by atoms with Crippen LogP contribution in [0.5, 0.6) is 11.5 Å². The number of urea groups is 1. The van der Waals surface area contributed by atoms with Gasteiger partial charge >= 0.3 is 6.03 Å². The van der Waals surface area contributed by atoms with Crippen LogP contribution in [-0.2, 0) is 6.42 Å². The smallest absolute Gasteiger partial charge is 0.317 e. The van der Waals surface area contributed by atoms with Gasteiger partial charge in [-0.2, -0.15) is 0 Å². The first-order chi connectivity index (χ1) is 12.6. The monoisotopic (exact) mass is 361 g/mol. The minimum atomic E-state index is 0.0542. The molecule has 144 valence electrons. The number of nitrogens with zero attached hydrogens (tertiary/aromatic N) is 2. The van der Waals surface area contributed by atoms with Crippen LogP contribution in [0.25, 0.3) is 0 Å². The number of nitrogens with one attached hydrogen (secondary N) is 1. The Balaban J connectivity index is 1.50. The van der Waals surface area contributed by atoms with E-state index in [-0.39, 0.29) is 6.03 Å². The Morgan fingerprint density at radius 2 is 2.08 bits per heavy atom. The lowest BCUT2D eigenvalue weighted by molar-refractivity contribution is 0.0517. The fourth-order valence-corrected chi connectivity index (χ4v) is 4.33. The van der Waals surface area contributed by atoms with Gasteiger partial charge in [0.05, 0.1) is 14.2 Å². The van der Waals surface area contributed by atoms with E-state index in [9.17, 15) is 4.79 Å². The van der Waals surface area contributed by atoms with Crippen LogP contribution in [0.1, 0.15) is 24.8 Å². The van der Waals surface area contributed by atoms with E-state index in [4.69, 9.17) is 9.47 Å². The minimum Gasteiger partial charge on any atom is -0.497 e. The summed E-state index contributed by atoms with van der Waals surface area (Å²) in [7, 11) is 5.53. The second kappa shape index (κ2) is 8.62. The Morgan fingerprint density at radius 1 is 1.23 bits per heavy atom. The zero-order chi connectivity index (χ0) is 18.5. The topological polar surface area (TPSA) is 54.0 Å². The number of fused-ring (bicyclic) bond motifs is 1. The lowest BCUT2D eigenvalue weighted by Crippen LogP contribution is -2.55. The van der Waals surface area contributed by atoms with Crippen molar-refractivity contribution >= 4 is 6.03 Å². The van der Waals surface area contributed by atoms with Crippen molar-refractivity contribution in [2.45, 2.75) is 31.7 Å². The van der Waals surface area contributed by atoms with E-state index in [1.165, 1.54) is 19.4 Å². The standard InChI is InChI=1S/C20H31N3O3/c1-22-11-4-5-16-14-23(12-9-18(16)22)20(24)21-10-8-15-13-17(25-2)6-7-19(15)26-3/h6-7,13,16,18H,4-5,8-12,14H2,1-3H3,(H,21,24). The van der Waals surface area contributed by atoms with Crippen LogP contribution in [0.15, 0.2) is 18.2 Å². The molecule has 3 rings (SSSR count). The molecule has 2 amide bonds. The van der Waals surface area contributed by atoms with Gasteiger partial charge in [-0.05, 0) is 69.0 Å². The first-order valence-electron chi connectivity index (χ1n) is 9.56. The van der Waals surface area contributed by atoms with Crippen molar-refractivity contribution in [2.75, 3.05) is 47.4 Å². The molecular weight excluding hydrogens is 330 g/mol. The zero-order valence-electron chi connectivity index (χ0n) is 16.2. The van der Waals surface area contributed by atoms with Crippen molar-refractivity contribution in [3.05, 3.63) is 23.8 Å². The number of piperidine rings is 2. The molecule has 0 aliphatic carbocycles. The van der Waals surface area contributed by atoms with Crippen LogP contribution in [0.4, 0.5) is 4.79 Å². The van der Waals surface area contributed by atoms with Gasteiger partial charge in [0.25, 0.3) is 0 Å². The Hall–Kier alpha value is -1.95. The number of rotatable bonds is 5. The van der Waals surface area contributed by atoms with Crippen molar-refractivity contribution in [2.24, 2.45) is 5.92 Å². The molecule has 0 radical (unpaired) electrons. The van der Waals surface area contributed by atoms with E-state index >= 15 is 0 Å². The second-order valence-electron chi connectivity index (χ2n) is 7.34. The van der Waals surface area contributed by atoms with E-state index in [0.29, 0.717) is 18.5 Å². The second-order valence-corrected chi connectivity index (χ2v) is 7.34. The molecular formula is C20H31N3O3. The van der Waals surface area contributed by atoms with Gasteiger partial charge in [-0.3, -0.25) is 0 Å². The molecule has 2 heterocycles. The van der Waals surface area contributed by atoms with Crippen molar-refractivity contribution in [1.29, 1.82) is 0 Å². The van der Waals surface area contributed by atoms with Gasteiger partial charge in [0, 0.05) is 25.7 Å². The Kier molecular flexibility index (Phi) is 6.25. The molecule has 2 fully saturated rings. The highest BCUT2D eigenvalue weighted by molar-refractivity contribution is 5.74. The molecule has 6 heteroatoms. The van der Waals surface area contributed by atoms with Crippen LogP contribution < -0.4 is 14.8 Å². The first-order valence-corrected chi connectivity index (χ1v) is 9.56. The number of amides is 2. The molecule has 1 aromatic carbocycles. The molecule has 2 atom stereocenters. The lowest BCUT2D eigenvalue weighted by Gasteiger charge is -2.45. The fraction of sp³-hybridized carbons (Fsp3) is 0.650. The van der Waals surface area contributed by atoms with E-state index in [1.807, 2.05) is 23.1 Å². The average Bonchev–Trinajstić information content (AvgIpc) is 2.67. The number of hydrogen-bond donors (Lipinski definition) is 1. The molecule has 0 bridgehead atoms. The largest absolute Gasteiger partial charge is 0.497 e. The van der Waals surface area contributed by atoms with Gasteiger partial charge in [0.2, 0.25) is 0 Å². The third kappa shape index (κ3) is 4.23. The quantitative estimate of drug-likeness (QED) is 0.875. The van der Waals surface area contributed by atoms with Gasteiger partial charge < -0.3 is 24.6 Å². The molecule has 2 aliphatic heterocycles. The van der Waals surface area contributed by atoms with Gasteiger partial charge in [-0.1, -0.05) is 0 Å². The molecule has 2 aliphatic rings. The van der Waals surface area contributed by atoms with Gasteiger partial charge in [-0.25, -0.2) is 4.79 Å². The fourth-order valence-electron chi connectivity index (χ4n) is 4.33. The van der Waals surface area contributed by atoms with E-state index in [1.54, 1.807) is 14.2 Å². The summed E-state index contributed by atoms with van der Waals surface area (Å²) in [4.78, 5) is 17.0. The van der Waals surface area contributed by atoms with Gasteiger partial charge in [-0.15, -0.1) is 0 Å². The first kappa shape index (κ1) is 18.8. The molecule has 26 heavy (non-hydrogen) atoms. The van der Waals surface area contributed by atoms with Crippen molar-refractivity contribution in [1.82, 2.24) is 15.1 Å². The number of hydrogen-bond acceptors (Lipinski definition) is 4. The number of benzene rings is 1. The van der Waals surface area contributed by atoms with E-state index < -0.39 is 0 Å². The third-order valence-corrected chi connectivity index (χ3v) is 5.79. The van der Waals surface area contributed by atoms with Crippen molar-refractivity contribution in [3.8, 4) is 11.5 Å². The summed E-state index contributed by atoms with van der Waals surface area (Å²) in [5.74, 6) is 2.24. The molecule has 1 N–H and O–H groups in total. The van der Waals surface area contributed by atoms with Gasteiger partial charge in [0.1, 0.15) is 11.5 Å². The molecule has 2 unspecified atom stereocenters. The predicted octanol–water partition coefficient (Wildman–Crippen LogP) is 2.37. The Bertz CT molecular complexity index is 622. The van der Waals surface area contributed by atoms with Crippen molar-refractivity contribution in [3.63, 3.8) is 0 Å². The summed E-state index contributed by atoms with van der Waals surface area (Å²) in [5, 5.41) is 3.07. The maximum atomic E-state index is 12.6. The summed E-state index contributed by atoms with van der Waals surface area (Å²) in [6.07, 6.45) is 4.27. The van der Waals surface area contributed by atoms with Crippen LogP contribution in [-0.4, -0.2) is 69.3 Å². The zero-order valence-corrected chi connectivity index (χ0v) is 16.2. The lowest BCUT2D eigenvalue weighted by atomic mass is 9.84. The molecule has 1 aromatic rings. The Labute approximate surface area is 156 Å². The highest BCUT2D eigenvalue weighted by Gasteiger charge is 2.35. The third-order valence-electron chi connectivity index (χ3n) is 5.79. The summed E-state index contributed by atoms with van der Waals surface area (Å²) in [5.41, 5.74) is 1.04. The van der Waals surface area contributed by atoms with Crippen molar-refractivity contribution < 1.29 is 14.3 Å². The summed E-state index contributed by atoms with van der Waals surface area (Å²) >= 11 is 0.